The lowest BCUT2D eigenvalue weighted by Crippen LogP contribution is -1.89. The van der Waals surface area contributed by atoms with Crippen molar-refractivity contribution in [1.82, 2.24) is 20.1 Å². The highest BCUT2D eigenvalue weighted by Crippen LogP contribution is 2.37. The molecule has 0 aliphatic carbocycles. The normalized spacial score (nSPS) is 12.2. The third-order valence-electron chi connectivity index (χ3n) is 3.97. The summed E-state index contributed by atoms with van der Waals surface area (Å²) in [5.41, 5.74) is 4.13. The molecule has 4 rings (SSSR count). The number of thioether (sulfide) groups is 1. The summed E-state index contributed by atoms with van der Waals surface area (Å²) < 4.78 is 5.28. The topological polar surface area (TPSA) is 67.6 Å². The third kappa shape index (κ3) is 3.41. The van der Waals surface area contributed by atoms with Gasteiger partial charge in [-0.15, -0.1) is 0 Å². The number of rotatable bonds is 5. The summed E-state index contributed by atoms with van der Waals surface area (Å²) in [7, 11) is 0. The summed E-state index contributed by atoms with van der Waals surface area (Å²) in [5, 5.41) is 4.70. The number of aryl methyl sites for hydroxylation is 1. The van der Waals surface area contributed by atoms with E-state index < -0.39 is 0 Å². The Bertz CT molecular complexity index is 938. The molecule has 2 heterocycles. The van der Waals surface area contributed by atoms with E-state index in [0.29, 0.717) is 11.7 Å². The number of nitrogens with zero attached hydrogens (tertiary/aromatic N) is 3. The molecule has 2 aromatic heterocycles. The van der Waals surface area contributed by atoms with Gasteiger partial charge in [0.25, 0.3) is 0 Å². The molecule has 0 aliphatic rings. The molecule has 0 bridgehead atoms. The third-order valence-corrected chi connectivity index (χ3v) is 4.94. The molecule has 0 aliphatic heterocycles. The summed E-state index contributed by atoms with van der Waals surface area (Å²) >= 11 is 1.57. The molecule has 1 atom stereocenters. The number of benzene rings is 2. The molecule has 6 heteroatoms. The van der Waals surface area contributed by atoms with Gasteiger partial charge in [0.2, 0.25) is 5.89 Å². The van der Waals surface area contributed by atoms with Crippen LogP contribution in [-0.2, 0) is 0 Å². The Labute approximate surface area is 155 Å². The number of imidazole rings is 1. The quantitative estimate of drug-likeness (QED) is 0.489. The predicted molar refractivity (Wildman–Crippen MR) is 103 cm³/mol. The lowest BCUT2D eigenvalue weighted by molar-refractivity contribution is 0.376. The molecule has 4 aromatic rings. The van der Waals surface area contributed by atoms with E-state index in [1.807, 2.05) is 50.2 Å². The van der Waals surface area contributed by atoms with Gasteiger partial charge in [-0.25, -0.2) is 4.98 Å². The number of hydrogen-bond donors (Lipinski definition) is 1. The summed E-state index contributed by atoms with van der Waals surface area (Å²) in [4.78, 5) is 12.6. The largest absolute Gasteiger partial charge is 0.338 e. The molecule has 5 nitrogen and oxygen atoms in total. The lowest BCUT2D eigenvalue weighted by atomic mass is 10.1. The minimum absolute atomic E-state index is 0.00889. The van der Waals surface area contributed by atoms with Crippen LogP contribution in [0.15, 0.2) is 70.3 Å². The zero-order chi connectivity index (χ0) is 17.9. The van der Waals surface area contributed by atoms with E-state index in [0.717, 1.165) is 27.7 Å². The molecule has 0 spiro atoms. The van der Waals surface area contributed by atoms with Crippen LogP contribution in [0.3, 0.4) is 0 Å². The van der Waals surface area contributed by atoms with Gasteiger partial charge in [-0.3, -0.25) is 0 Å². The first kappa shape index (κ1) is 16.6. The molecule has 0 saturated heterocycles. The summed E-state index contributed by atoms with van der Waals surface area (Å²) in [6.07, 6.45) is 0. The van der Waals surface area contributed by atoms with E-state index in [4.69, 9.17) is 9.51 Å². The highest BCUT2D eigenvalue weighted by molar-refractivity contribution is 7.99. The second-order valence-electron chi connectivity index (χ2n) is 5.94. The van der Waals surface area contributed by atoms with Crippen molar-refractivity contribution in [3.63, 3.8) is 0 Å². The predicted octanol–water partition coefficient (Wildman–Crippen LogP) is 5.29. The van der Waals surface area contributed by atoms with Gasteiger partial charge in [0.05, 0.1) is 16.6 Å². The molecule has 0 saturated carbocycles. The molecule has 0 amide bonds. The first-order valence-electron chi connectivity index (χ1n) is 8.38. The van der Waals surface area contributed by atoms with Crippen LogP contribution >= 0.6 is 11.8 Å². The number of hydrogen-bond acceptors (Lipinski definition) is 5. The van der Waals surface area contributed by atoms with Crippen molar-refractivity contribution in [3.8, 4) is 22.5 Å². The maximum Gasteiger partial charge on any atom is 0.239 e. The Kier molecular flexibility index (Phi) is 4.58. The van der Waals surface area contributed by atoms with E-state index in [1.165, 1.54) is 0 Å². The van der Waals surface area contributed by atoms with Crippen LogP contribution < -0.4 is 0 Å². The Morgan fingerprint density at radius 2 is 1.58 bits per heavy atom. The highest BCUT2D eigenvalue weighted by atomic mass is 32.2. The average Bonchev–Trinajstić information content (AvgIpc) is 3.30. The van der Waals surface area contributed by atoms with Crippen molar-refractivity contribution in [2.24, 2.45) is 0 Å². The van der Waals surface area contributed by atoms with Gasteiger partial charge < -0.3 is 9.51 Å². The van der Waals surface area contributed by atoms with Crippen LogP contribution in [-0.4, -0.2) is 20.1 Å². The van der Waals surface area contributed by atoms with Crippen LogP contribution in [0.5, 0.6) is 0 Å². The van der Waals surface area contributed by atoms with Crippen LogP contribution in [0, 0.1) is 6.92 Å². The Morgan fingerprint density at radius 3 is 2.19 bits per heavy atom. The number of nitrogens with one attached hydrogen (secondary N) is 1. The van der Waals surface area contributed by atoms with Crippen molar-refractivity contribution < 1.29 is 4.52 Å². The maximum absolute atomic E-state index is 5.28. The fraction of sp³-hybridized carbons (Fsp3) is 0.150. The Hall–Kier alpha value is -2.86. The lowest BCUT2D eigenvalue weighted by Gasteiger charge is -2.03. The average molecular weight is 362 g/mol. The zero-order valence-electron chi connectivity index (χ0n) is 14.5. The van der Waals surface area contributed by atoms with Gasteiger partial charge in [-0.2, -0.15) is 4.98 Å². The van der Waals surface area contributed by atoms with Crippen molar-refractivity contribution >= 4 is 11.8 Å². The van der Waals surface area contributed by atoms with Crippen LogP contribution in [0.2, 0.25) is 0 Å². The molecule has 0 unspecified atom stereocenters. The minimum Gasteiger partial charge on any atom is -0.338 e. The molecular weight excluding hydrogens is 344 g/mol. The van der Waals surface area contributed by atoms with E-state index in [2.05, 4.69) is 39.4 Å². The number of H-pyrrole nitrogens is 1. The fourth-order valence-corrected chi connectivity index (χ4v) is 3.56. The van der Waals surface area contributed by atoms with E-state index >= 15 is 0 Å². The van der Waals surface area contributed by atoms with Crippen molar-refractivity contribution in [3.05, 3.63) is 72.4 Å². The number of aromatic amines is 1. The van der Waals surface area contributed by atoms with E-state index in [-0.39, 0.29) is 5.25 Å². The standard InChI is InChI=1S/C20H18N4OS/c1-13(19-21-14(2)24-25-19)26-20-22-17(15-9-5-3-6-10-15)18(23-20)16-11-7-4-8-12-16/h3-13H,1-2H3,(H,22,23)/t13-/m0/s1. The SMILES string of the molecule is Cc1noc([C@H](C)Sc2nc(-c3ccccc3)c(-c3ccccc3)[nH]2)n1. The summed E-state index contributed by atoms with van der Waals surface area (Å²) in [5.74, 6) is 1.24. The minimum atomic E-state index is 0.00889. The van der Waals surface area contributed by atoms with Crippen molar-refractivity contribution in [2.45, 2.75) is 24.3 Å². The van der Waals surface area contributed by atoms with E-state index in [9.17, 15) is 0 Å². The first-order chi connectivity index (χ1) is 12.7. The van der Waals surface area contributed by atoms with E-state index in [1.54, 1.807) is 11.8 Å². The van der Waals surface area contributed by atoms with Crippen molar-refractivity contribution in [1.29, 1.82) is 0 Å². The Morgan fingerprint density at radius 1 is 0.923 bits per heavy atom. The smallest absolute Gasteiger partial charge is 0.239 e. The van der Waals surface area contributed by atoms with Crippen LogP contribution in [0.1, 0.15) is 23.9 Å². The summed E-state index contributed by atoms with van der Waals surface area (Å²) in [6.45, 7) is 3.85. The first-order valence-corrected chi connectivity index (χ1v) is 9.26. The van der Waals surface area contributed by atoms with Crippen LogP contribution in [0.4, 0.5) is 0 Å². The molecule has 2 aromatic carbocycles. The molecule has 1 N–H and O–H groups in total. The Balaban J connectivity index is 1.71. The number of aromatic nitrogens is 4. The van der Waals surface area contributed by atoms with Crippen LogP contribution in [0.25, 0.3) is 22.5 Å². The van der Waals surface area contributed by atoms with Gasteiger partial charge in [0, 0.05) is 11.1 Å². The van der Waals surface area contributed by atoms with Gasteiger partial charge in [-0.1, -0.05) is 77.6 Å². The maximum atomic E-state index is 5.28. The zero-order valence-corrected chi connectivity index (χ0v) is 15.3. The second-order valence-corrected chi connectivity index (χ2v) is 7.27. The fourth-order valence-electron chi connectivity index (χ4n) is 2.72. The van der Waals surface area contributed by atoms with Gasteiger partial charge in [0.15, 0.2) is 11.0 Å². The van der Waals surface area contributed by atoms with Gasteiger partial charge in [-0.05, 0) is 13.8 Å². The molecular formula is C20H18N4OS. The highest BCUT2D eigenvalue weighted by Gasteiger charge is 2.19. The van der Waals surface area contributed by atoms with Crippen molar-refractivity contribution in [2.75, 3.05) is 0 Å². The second kappa shape index (κ2) is 7.17. The molecule has 0 fully saturated rings. The van der Waals surface area contributed by atoms with Gasteiger partial charge >= 0.3 is 0 Å². The monoisotopic (exact) mass is 362 g/mol. The van der Waals surface area contributed by atoms with Gasteiger partial charge in [0.1, 0.15) is 0 Å². The molecule has 130 valence electrons. The molecule has 26 heavy (non-hydrogen) atoms. The summed E-state index contributed by atoms with van der Waals surface area (Å²) in [6, 6.07) is 20.4. The molecule has 0 radical (unpaired) electrons.